The van der Waals surface area contributed by atoms with Crippen LogP contribution in [0.3, 0.4) is 0 Å². The number of hydrogen-bond donors (Lipinski definition) is 3. The minimum Gasteiger partial charge on any atom is -0.399 e. The van der Waals surface area contributed by atoms with Crippen molar-refractivity contribution in [3.05, 3.63) is 29.3 Å². The number of aryl methyl sites for hydroxylation is 1. The van der Waals surface area contributed by atoms with Crippen molar-refractivity contribution in [1.82, 2.24) is 5.32 Å². The zero-order valence-electron chi connectivity index (χ0n) is 9.42. The van der Waals surface area contributed by atoms with Gasteiger partial charge in [0.05, 0.1) is 6.54 Å². The van der Waals surface area contributed by atoms with Crippen LogP contribution in [0.15, 0.2) is 18.2 Å². The topological polar surface area (TPSA) is 58.3 Å². The van der Waals surface area contributed by atoms with E-state index in [1.165, 1.54) is 0 Å². The summed E-state index contributed by atoms with van der Waals surface area (Å²) in [6.07, 6.45) is 1.64. The summed E-state index contributed by atoms with van der Waals surface area (Å²) in [7, 11) is 0. The molecule has 1 aromatic carbocycles. The highest BCUT2D eigenvalue weighted by Crippen LogP contribution is 2.32. The molecule has 0 aromatic heterocycles. The second kappa shape index (κ2) is 4.58. The van der Waals surface area contributed by atoms with Gasteiger partial charge in [-0.15, -0.1) is 0 Å². The van der Waals surface area contributed by atoms with Crippen LogP contribution in [0.25, 0.3) is 0 Å². The fraction of sp³-hybridized carbons (Fsp3) is 0.500. The number of rotatable bonds is 4. The van der Waals surface area contributed by atoms with Crippen molar-refractivity contribution in [3.63, 3.8) is 0 Å². The average Bonchev–Trinajstić information content (AvgIpc) is 2.69. The molecule has 17 heavy (non-hydrogen) atoms. The molecular weight excluding hydrogens is 226 g/mol. The molecule has 0 fully saturated rings. The van der Waals surface area contributed by atoms with Crippen LogP contribution in [0.5, 0.6) is 0 Å². The summed E-state index contributed by atoms with van der Waals surface area (Å²) in [5.41, 5.74) is 8.52. The van der Waals surface area contributed by atoms with Crippen LogP contribution >= 0.6 is 0 Å². The number of benzene rings is 1. The van der Waals surface area contributed by atoms with E-state index in [0.29, 0.717) is 5.69 Å². The number of fused-ring (bicyclic) bond motifs is 1. The van der Waals surface area contributed by atoms with Gasteiger partial charge >= 0.3 is 0 Å². The Morgan fingerprint density at radius 3 is 2.94 bits per heavy atom. The summed E-state index contributed by atoms with van der Waals surface area (Å²) in [6, 6.07) is 5.49. The lowest BCUT2D eigenvalue weighted by atomic mass is 10.1. The molecule has 0 bridgehead atoms. The Labute approximate surface area is 98.6 Å². The zero-order chi connectivity index (χ0) is 12.5. The Morgan fingerprint density at radius 1 is 1.47 bits per heavy atom. The molecule has 5 heteroatoms. The van der Waals surface area contributed by atoms with E-state index in [2.05, 4.69) is 5.32 Å². The van der Waals surface area contributed by atoms with Crippen molar-refractivity contribution >= 4 is 5.69 Å². The molecule has 1 aromatic rings. The maximum absolute atomic E-state index is 12.9. The lowest BCUT2D eigenvalue weighted by Gasteiger charge is -2.19. The maximum atomic E-state index is 12.9. The molecular formula is C12H16F2N2O. The van der Waals surface area contributed by atoms with E-state index < -0.39 is 19.1 Å². The monoisotopic (exact) mass is 242 g/mol. The van der Waals surface area contributed by atoms with Crippen LogP contribution < -0.4 is 11.1 Å². The summed E-state index contributed by atoms with van der Waals surface area (Å²) in [4.78, 5) is 0. The number of nitrogens with two attached hydrogens (primary N) is 1. The third-order valence-corrected chi connectivity index (χ3v) is 3.08. The van der Waals surface area contributed by atoms with Crippen molar-refractivity contribution in [2.45, 2.75) is 24.8 Å². The summed E-state index contributed by atoms with van der Waals surface area (Å²) in [5.74, 6) is -3.06. The molecule has 1 atom stereocenters. The number of halogens is 2. The highest BCUT2D eigenvalue weighted by atomic mass is 19.3. The molecule has 0 radical (unpaired) electrons. The first-order valence-corrected chi connectivity index (χ1v) is 5.62. The van der Waals surface area contributed by atoms with Gasteiger partial charge in [0.2, 0.25) is 0 Å². The van der Waals surface area contributed by atoms with E-state index in [1.54, 1.807) is 6.07 Å². The number of anilines is 1. The quantitative estimate of drug-likeness (QED) is 0.701. The van der Waals surface area contributed by atoms with Gasteiger partial charge in [-0.1, -0.05) is 6.07 Å². The molecule has 2 rings (SSSR count). The van der Waals surface area contributed by atoms with E-state index >= 15 is 0 Å². The molecule has 0 saturated carbocycles. The minimum atomic E-state index is -3.06. The van der Waals surface area contributed by atoms with Crippen LogP contribution in [0.4, 0.5) is 14.5 Å². The van der Waals surface area contributed by atoms with Gasteiger partial charge in [0, 0.05) is 11.7 Å². The van der Waals surface area contributed by atoms with Crippen molar-refractivity contribution in [2.75, 3.05) is 18.9 Å². The smallest absolute Gasteiger partial charge is 0.282 e. The van der Waals surface area contributed by atoms with Gasteiger partial charge in [0.25, 0.3) is 5.92 Å². The van der Waals surface area contributed by atoms with Gasteiger partial charge in [-0.2, -0.15) is 0 Å². The molecule has 4 N–H and O–H groups in total. The van der Waals surface area contributed by atoms with Crippen molar-refractivity contribution in [1.29, 1.82) is 0 Å². The maximum Gasteiger partial charge on any atom is 0.282 e. The van der Waals surface area contributed by atoms with Gasteiger partial charge in [0.15, 0.2) is 0 Å². The number of aliphatic hydroxyl groups is 1. The average molecular weight is 242 g/mol. The van der Waals surface area contributed by atoms with Crippen molar-refractivity contribution in [3.8, 4) is 0 Å². The van der Waals surface area contributed by atoms with E-state index in [9.17, 15) is 8.78 Å². The largest absolute Gasteiger partial charge is 0.399 e. The van der Waals surface area contributed by atoms with Crippen LogP contribution in [0.1, 0.15) is 23.6 Å². The summed E-state index contributed by atoms with van der Waals surface area (Å²) >= 11 is 0. The molecule has 0 heterocycles. The third kappa shape index (κ3) is 2.73. The van der Waals surface area contributed by atoms with Crippen LogP contribution in [0.2, 0.25) is 0 Å². The predicted octanol–water partition coefficient (Wildman–Crippen LogP) is 1.47. The third-order valence-electron chi connectivity index (χ3n) is 3.08. The summed E-state index contributed by atoms with van der Waals surface area (Å²) < 4.78 is 25.8. The van der Waals surface area contributed by atoms with E-state index in [4.69, 9.17) is 10.8 Å². The van der Waals surface area contributed by atoms with Crippen LogP contribution in [-0.2, 0) is 6.42 Å². The summed E-state index contributed by atoms with van der Waals surface area (Å²) in [5, 5.41) is 11.3. The van der Waals surface area contributed by atoms with Gasteiger partial charge in [-0.3, -0.25) is 0 Å². The molecule has 0 aliphatic heterocycles. The van der Waals surface area contributed by atoms with Crippen molar-refractivity contribution < 1.29 is 13.9 Å². The Kier molecular flexibility index (Phi) is 3.31. The number of alkyl halides is 2. The number of aliphatic hydroxyl groups excluding tert-OH is 1. The number of nitrogen functional groups attached to an aromatic ring is 1. The lowest BCUT2D eigenvalue weighted by molar-refractivity contribution is -0.0493. The molecule has 3 nitrogen and oxygen atoms in total. The molecule has 94 valence electrons. The van der Waals surface area contributed by atoms with E-state index in [0.717, 1.165) is 24.0 Å². The molecule has 0 saturated heterocycles. The van der Waals surface area contributed by atoms with E-state index in [-0.39, 0.29) is 6.04 Å². The highest BCUT2D eigenvalue weighted by Gasteiger charge is 2.30. The standard InChI is InChI=1S/C12H16F2N2O/c13-12(14,7-17)6-16-11-4-1-8-5-9(15)2-3-10(8)11/h2-3,5,11,16-17H,1,4,6-7,15H2. The Morgan fingerprint density at radius 2 is 2.24 bits per heavy atom. The van der Waals surface area contributed by atoms with Gasteiger partial charge < -0.3 is 16.2 Å². The predicted molar refractivity (Wildman–Crippen MR) is 62.0 cm³/mol. The molecule has 1 aliphatic carbocycles. The zero-order valence-corrected chi connectivity index (χ0v) is 9.42. The molecule has 1 unspecified atom stereocenters. The number of hydrogen-bond acceptors (Lipinski definition) is 3. The summed E-state index contributed by atoms with van der Waals surface area (Å²) in [6.45, 7) is -1.63. The first-order valence-electron chi connectivity index (χ1n) is 5.62. The highest BCUT2D eigenvalue weighted by molar-refractivity contribution is 5.47. The second-order valence-electron chi connectivity index (χ2n) is 4.44. The Bertz CT molecular complexity index is 409. The van der Waals surface area contributed by atoms with Gasteiger partial charge in [0.1, 0.15) is 6.61 Å². The first-order chi connectivity index (χ1) is 8.02. The fourth-order valence-electron chi connectivity index (χ4n) is 2.18. The van der Waals surface area contributed by atoms with Gasteiger partial charge in [-0.05, 0) is 36.1 Å². The van der Waals surface area contributed by atoms with E-state index in [1.807, 2.05) is 12.1 Å². The van der Waals surface area contributed by atoms with Crippen LogP contribution in [-0.4, -0.2) is 24.2 Å². The lowest BCUT2D eigenvalue weighted by Crippen LogP contribution is -2.37. The molecule has 1 aliphatic rings. The second-order valence-corrected chi connectivity index (χ2v) is 4.44. The Balaban J connectivity index is 2.03. The normalized spacial score (nSPS) is 19.4. The minimum absolute atomic E-state index is 0.0666. The fourth-order valence-corrected chi connectivity index (χ4v) is 2.18. The van der Waals surface area contributed by atoms with Crippen molar-refractivity contribution in [2.24, 2.45) is 0 Å². The van der Waals surface area contributed by atoms with Crippen LogP contribution in [0, 0.1) is 0 Å². The number of nitrogens with one attached hydrogen (secondary N) is 1. The SMILES string of the molecule is Nc1ccc2c(c1)CCC2NCC(F)(F)CO. The Hall–Kier alpha value is -1.20. The van der Waals surface area contributed by atoms with Gasteiger partial charge in [-0.25, -0.2) is 8.78 Å². The molecule has 0 spiro atoms. The first kappa shape index (κ1) is 12.3. The molecule has 0 amide bonds.